The molecule has 0 saturated heterocycles. The molecule has 0 radical (unpaired) electrons. The van der Waals surface area contributed by atoms with Gasteiger partial charge in [-0.2, -0.15) is 0 Å². The van der Waals surface area contributed by atoms with Crippen LogP contribution in [0.2, 0.25) is 29.6 Å². The van der Waals surface area contributed by atoms with Crippen molar-refractivity contribution >= 4 is 70.7 Å². The van der Waals surface area contributed by atoms with E-state index in [1.165, 1.54) is 174 Å². The fourth-order valence-electron chi connectivity index (χ4n) is 8.29. The Bertz CT molecular complexity index is 1380. The molecule has 0 spiro atoms. The van der Waals surface area contributed by atoms with Gasteiger partial charge in [0.1, 0.15) is 0 Å². The molecule has 0 amide bonds. The minimum absolute atomic E-state index is 0.374. The predicted octanol–water partition coefficient (Wildman–Crippen LogP) is 15.7. The molecule has 0 saturated carbocycles. The van der Waals surface area contributed by atoms with E-state index in [0.717, 1.165) is 36.5 Å². The van der Waals surface area contributed by atoms with Gasteiger partial charge in [-0.15, -0.1) is 0 Å². The molecule has 0 aliphatic rings. The molecular formula is C52H90O2Se2Sn2. The molecule has 0 N–H and O–H groups in total. The number of unbranched alkanes of at least 4 members (excludes halogenated alkanes) is 14. The molecule has 330 valence electrons. The average Bonchev–Trinajstić information content (AvgIpc) is 3.90. The van der Waals surface area contributed by atoms with Crippen LogP contribution in [-0.2, 0) is 0 Å². The molecular weight excluding hydrogens is 1050 g/mol. The van der Waals surface area contributed by atoms with Crippen molar-refractivity contribution in [1.82, 2.24) is 0 Å². The van der Waals surface area contributed by atoms with Crippen molar-refractivity contribution in [3.8, 4) is 31.5 Å². The van der Waals surface area contributed by atoms with Crippen LogP contribution < -0.4 is 14.4 Å². The van der Waals surface area contributed by atoms with Gasteiger partial charge in [-0.1, -0.05) is 40.5 Å². The van der Waals surface area contributed by atoms with E-state index in [1.807, 2.05) is 0 Å². The second-order valence-corrected chi connectivity index (χ2v) is 57.7. The summed E-state index contributed by atoms with van der Waals surface area (Å²) in [5.74, 6) is 3.78. The number of hydrogen-bond donors (Lipinski definition) is 0. The van der Waals surface area contributed by atoms with Gasteiger partial charge in [0.15, 0.2) is 0 Å². The van der Waals surface area contributed by atoms with E-state index < -0.39 is 36.8 Å². The monoisotopic (exact) mass is 1150 g/mol. The van der Waals surface area contributed by atoms with Crippen LogP contribution in [0, 0.1) is 11.8 Å². The summed E-state index contributed by atoms with van der Waals surface area (Å²) >= 11 is -3.61. The van der Waals surface area contributed by atoms with E-state index in [0.29, 0.717) is 29.0 Å². The van der Waals surface area contributed by atoms with E-state index in [4.69, 9.17) is 9.47 Å². The molecule has 2 unspecified atom stereocenters. The van der Waals surface area contributed by atoms with Gasteiger partial charge in [0, 0.05) is 0 Å². The van der Waals surface area contributed by atoms with Gasteiger partial charge in [0.2, 0.25) is 0 Å². The molecule has 2 aromatic heterocycles. The van der Waals surface area contributed by atoms with Crippen LogP contribution in [0.4, 0.5) is 0 Å². The molecule has 2 heterocycles. The molecule has 2 atom stereocenters. The van der Waals surface area contributed by atoms with Crippen LogP contribution in [0.25, 0.3) is 20.0 Å². The molecule has 0 aliphatic carbocycles. The third-order valence-corrected chi connectivity index (χ3v) is 45.8. The molecule has 1 aromatic carbocycles. The fourth-order valence-corrected chi connectivity index (χ4v) is 28.5. The third kappa shape index (κ3) is 20.3. The average molecular weight is 1140 g/mol. The van der Waals surface area contributed by atoms with Crippen LogP contribution in [0.1, 0.15) is 182 Å². The topological polar surface area (TPSA) is 18.5 Å². The van der Waals surface area contributed by atoms with E-state index in [1.54, 1.807) is 4.91 Å². The van der Waals surface area contributed by atoms with Crippen molar-refractivity contribution in [3.63, 3.8) is 0 Å². The normalized spacial score (nSPS) is 13.3. The van der Waals surface area contributed by atoms with Crippen LogP contribution in [0.5, 0.6) is 11.5 Å². The van der Waals surface area contributed by atoms with E-state index >= 15 is 0 Å². The van der Waals surface area contributed by atoms with Gasteiger partial charge in [0.05, 0.1) is 0 Å². The number of hydrogen-bond acceptors (Lipinski definition) is 2. The van der Waals surface area contributed by atoms with Gasteiger partial charge in [-0.05, 0) is 0 Å². The second-order valence-electron chi connectivity index (χ2n) is 19.8. The van der Waals surface area contributed by atoms with E-state index in [2.05, 4.69) is 93.7 Å². The quantitative estimate of drug-likeness (QED) is 0.0438. The summed E-state index contributed by atoms with van der Waals surface area (Å²) in [7, 11) is 0. The summed E-state index contributed by atoms with van der Waals surface area (Å²) < 4.78 is 20.7. The number of rotatable bonds is 34. The van der Waals surface area contributed by atoms with Gasteiger partial charge in [-0.25, -0.2) is 0 Å². The van der Waals surface area contributed by atoms with Crippen molar-refractivity contribution < 1.29 is 9.47 Å². The molecule has 0 aliphatic heterocycles. The van der Waals surface area contributed by atoms with Crippen molar-refractivity contribution in [3.05, 3.63) is 36.4 Å². The first kappa shape index (κ1) is 52.8. The first-order valence-corrected chi connectivity index (χ1v) is 48.0. The maximum absolute atomic E-state index is 7.09. The molecule has 3 aromatic rings. The number of benzene rings is 1. The van der Waals surface area contributed by atoms with Gasteiger partial charge < -0.3 is 0 Å². The summed E-state index contributed by atoms with van der Waals surface area (Å²) in [6.07, 6.45) is 32.5. The van der Waals surface area contributed by atoms with E-state index in [9.17, 15) is 0 Å². The zero-order valence-electron chi connectivity index (χ0n) is 39.6. The molecule has 2 nitrogen and oxygen atoms in total. The maximum atomic E-state index is 7.09. The summed E-state index contributed by atoms with van der Waals surface area (Å²) in [6.45, 7) is 11.0. The van der Waals surface area contributed by atoms with Gasteiger partial charge in [-0.3, -0.25) is 0 Å². The van der Waals surface area contributed by atoms with Crippen molar-refractivity contribution in [2.24, 2.45) is 11.8 Å². The first-order valence-electron chi connectivity index (χ1n) is 24.6. The zero-order valence-corrected chi connectivity index (χ0v) is 48.8. The molecule has 0 fully saturated rings. The Labute approximate surface area is 380 Å². The Morgan fingerprint density at radius 1 is 0.414 bits per heavy atom. The summed E-state index contributed by atoms with van der Waals surface area (Å²) in [6, 6.07) is 14.9. The second kappa shape index (κ2) is 29.7. The summed E-state index contributed by atoms with van der Waals surface area (Å²) in [5, 5.41) is 0. The predicted molar refractivity (Wildman–Crippen MR) is 269 cm³/mol. The van der Waals surface area contributed by atoms with Crippen LogP contribution in [0.3, 0.4) is 0 Å². The molecule has 0 bridgehead atoms. The molecule has 3 rings (SSSR count). The Morgan fingerprint density at radius 3 is 1.02 bits per heavy atom. The molecule has 58 heavy (non-hydrogen) atoms. The Morgan fingerprint density at radius 2 is 0.724 bits per heavy atom. The Hall–Kier alpha value is 0.416. The Balaban J connectivity index is 1.96. The Kier molecular flexibility index (Phi) is 27.0. The van der Waals surface area contributed by atoms with Crippen LogP contribution in [0.15, 0.2) is 36.4 Å². The van der Waals surface area contributed by atoms with E-state index in [-0.39, 0.29) is 0 Å². The van der Waals surface area contributed by atoms with Gasteiger partial charge in [0.25, 0.3) is 0 Å². The fraction of sp³-hybridized carbons (Fsp3) is 0.731. The molecule has 6 heteroatoms. The first-order chi connectivity index (χ1) is 27.9. The van der Waals surface area contributed by atoms with Crippen LogP contribution >= 0.6 is 0 Å². The summed E-state index contributed by atoms with van der Waals surface area (Å²) in [4.78, 5) is 15.5. The standard InChI is InChI=1S/C46H72O2Se2.6CH3.2Sn/c1-5-9-13-17-21-27-39(25-19-15-11-7-3)31-33-47-43-37-42(46-30-24-36-50-46)44(38-41(43)45-29-23-35-49-45)48-34-32-40(26-20-16-12-8-4)28-22-18-14-10-6-2;;;;;;;;/h23-24,29-30,37-40H,5-22,25-28,31-34H2,1-4H3;6*1H3;;. The van der Waals surface area contributed by atoms with Gasteiger partial charge >= 0.3 is 344 Å². The zero-order chi connectivity index (χ0) is 42.2. The van der Waals surface area contributed by atoms with Crippen LogP contribution in [-0.4, -0.2) is 79.0 Å². The summed E-state index contributed by atoms with van der Waals surface area (Å²) in [5.41, 5.74) is 2.64. The van der Waals surface area contributed by atoms with Crippen molar-refractivity contribution in [2.75, 3.05) is 13.2 Å². The minimum atomic E-state index is -2.18. The third-order valence-electron chi connectivity index (χ3n) is 12.2. The SMILES string of the molecule is CCCCCCCC(CCCCCC)CCOc1cc(-c2cc[c]([Sn]([CH3])([CH3])[CH3])[se]2)c(OCCC(CCCCCC)CCCCCCC)cc1-c1cc[c]([Sn]([CH3])([CH3])[CH3])[se]1. The van der Waals surface area contributed by atoms with Crippen molar-refractivity contribution in [1.29, 1.82) is 0 Å². The number of ether oxygens (including phenoxy) is 2. The van der Waals surface area contributed by atoms with Crippen molar-refractivity contribution in [2.45, 2.75) is 211 Å².